The van der Waals surface area contributed by atoms with E-state index in [0.717, 1.165) is 33.1 Å². The number of hydrogen-bond donors (Lipinski definition) is 1. The Bertz CT molecular complexity index is 1170. The number of benzene rings is 3. The fourth-order valence-electron chi connectivity index (χ4n) is 3.81. The second kappa shape index (κ2) is 8.85. The van der Waals surface area contributed by atoms with Crippen LogP contribution in [0.2, 0.25) is 0 Å². The summed E-state index contributed by atoms with van der Waals surface area (Å²) in [4.78, 5) is 11.7. The Morgan fingerprint density at radius 1 is 1.00 bits per heavy atom. The van der Waals surface area contributed by atoms with Crippen molar-refractivity contribution < 1.29 is 9.82 Å². The van der Waals surface area contributed by atoms with Crippen molar-refractivity contribution in [3.63, 3.8) is 0 Å². The minimum atomic E-state index is -0.385. The van der Waals surface area contributed by atoms with Crippen LogP contribution in [0.4, 0.5) is 5.69 Å². The van der Waals surface area contributed by atoms with Crippen molar-refractivity contribution in [2.24, 2.45) is 0 Å². The van der Waals surface area contributed by atoms with E-state index in [9.17, 15) is 10.1 Å². The molecule has 8 nitrogen and oxygen atoms in total. The quantitative estimate of drug-likeness (QED) is 0.370. The van der Waals surface area contributed by atoms with Crippen LogP contribution in [0.3, 0.4) is 0 Å². The van der Waals surface area contributed by atoms with Gasteiger partial charge in [-0.3, -0.25) is 10.1 Å². The summed E-state index contributed by atoms with van der Waals surface area (Å²) in [6.45, 7) is 2.68. The van der Waals surface area contributed by atoms with Crippen LogP contribution in [0.1, 0.15) is 28.6 Å². The molecule has 2 atom stereocenters. The summed E-state index contributed by atoms with van der Waals surface area (Å²) in [6, 6.07) is 24.7. The molecule has 0 saturated carbocycles. The minimum Gasteiger partial charge on any atom is -0.321 e. The highest BCUT2D eigenvalue weighted by Crippen LogP contribution is 2.21. The first-order valence-corrected chi connectivity index (χ1v) is 9.99. The molecule has 1 heterocycles. The Labute approximate surface area is 179 Å². The number of nitro groups is 1. The molecule has 4 rings (SSSR count). The van der Waals surface area contributed by atoms with Crippen molar-refractivity contribution in [3.05, 3.63) is 111 Å². The second-order valence-corrected chi connectivity index (χ2v) is 7.53. The number of nitrogens with zero attached hydrogens (tertiary/aromatic N) is 5. The van der Waals surface area contributed by atoms with Gasteiger partial charge in [0.25, 0.3) is 5.69 Å². The molecule has 1 N–H and O–H groups in total. The van der Waals surface area contributed by atoms with Gasteiger partial charge in [0.1, 0.15) is 6.54 Å². The monoisotopic (exact) mass is 415 g/mol. The number of quaternary nitrogens is 1. The molecule has 0 aliphatic rings. The van der Waals surface area contributed by atoms with Gasteiger partial charge in [0.05, 0.1) is 17.7 Å². The number of nitrogens with one attached hydrogen (secondary N) is 1. The van der Waals surface area contributed by atoms with Gasteiger partial charge in [-0.2, -0.15) is 4.68 Å². The number of nitro benzene ring substituents is 1. The molecule has 0 saturated heterocycles. The average Bonchev–Trinajstić information content (AvgIpc) is 3.24. The number of rotatable bonds is 7. The minimum absolute atomic E-state index is 0.0875. The molecule has 1 unspecified atom stereocenters. The largest absolute Gasteiger partial charge is 0.321 e. The van der Waals surface area contributed by atoms with Crippen LogP contribution in [0.5, 0.6) is 0 Å². The maximum atomic E-state index is 11.0. The third-order valence-electron chi connectivity index (χ3n) is 5.35. The van der Waals surface area contributed by atoms with E-state index in [2.05, 4.69) is 34.7 Å². The molecule has 4 aromatic rings. The summed E-state index contributed by atoms with van der Waals surface area (Å²) >= 11 is 0. The molecule has 0 amide bonds. The van der Waals surface area contributed by atoms with Gasteiger partial charge in [-0.15, -0.1) is 5.10 Å². The summed E-state index contributed by atoms with van der Waals surface area (Å²) in [6.07, 6.45) is 0. The van der Waals surface area contributed by atoms with E-state index in [1.165, 1.54) is 12.1 Å². The molecule has 0 bridgehead atoms. The van der Waals surface area contributed by atoms with Gasteiger partial charge >= 0.3 is 0 Å². The van der Waals surface area contributed by atoms with Gasteiger partial charge in [0.15, 0.2) is 6.04 Å². The lowest BCUT2D eigenvalue weighted by atomic mass is 10.0. The highest BCUT2D eigenvalue weighted by molar-refractivity contribution is 5.40. The Morgan fingerprint density at radius 2 is 1.68 bits per heavy atom. The predicted octanol–water partition coefficient (Wildman–Crippen LogP) is 2.68. The Balaban J connectivity index is 1.72. The van der Waals surface area contributed by atoms with Crippen molar-refractivity contribution in [1.29, 1.82) is 0 Å². The van der Waals surface area contributed by atoms with Crippen LogP contribution in [-0.4, -0.2) is 32.2 Å². The van der Waals surface area contributed by atoms with E-state index in [4.69, 9.17) is 0 Å². The third-order valence-corrected chi connectivity index (χ3v) is 5.35. The first-order chi connectivity index (χ1) is 15.0. The molecule has 8 heteroatoms. The molecule has 31 heavy (non-hydrogen) atoms. The van der Waals surface area contributed by atoms with Crippen LogP contribution in [0, 0.1) is 17.0 Å². The van der Waals surface area contributed by atoms with Crippen LogP contribution in [0.15, 0.2) is 78.9 Å². The van der Waals surface area contributed by atoms with Gasteiger partial charge < -0.3 is 4.90 Å². The van der Waals surface area contributed by atoms with E-state index < -0.39 is 0 Å². The molecule has 0 aliphatic heterocycles. The van der Waals surface area contributed by atoms with E-state index >= 15 is 0 Å². The zero-order valence-electron chi connectivity index (χ0n) is 17.3. The van der Waals surface area contributed by atoms with Gasteiger partial charge in [-0.05, 0) is 41.1 Å². The second-order valence-electron chi connectivity index (χ2n) is 7.53. The van der Waals surface area contributed by atoms with E-state index in [1.54, 1.807) is 16.8 Å². The van der Waals surface area contributed by atoms with E-state index in [-0.39, 0.29) is 16.7 Å². The van der Waals surface area contributed by atoms with Crippen molar-refractivity contribution >= 4 is 5.69 Å². The van der Waals surface area contributed by atoms with Crippen LogP contribution in [0.25, 0.3) is 5.69 Å². The lowest BCUT2D eigenvalue weighted by Crippen LogP contribution is -3.08. The Kier molecular flexibility index (Phi) is 5.81. The number of tetrazole rings is 1. The predicted molar refractivity (Wildman–Crippen MR) is 116 cm³/mol. The van der Waals surface area contributed by atoms with Gasteiger partial charge in [-0.1, -0.05) is 48.5 Å². The zero-order valence-corrected chi connectivity index (χ0v) is 17.3. The van der Waals surface area contributed by atoms with Crippen molar-refractivity contribution in [2.45, 2.75) is 19.5 Å². The maximum Gasteiger partial charge on any atom is 0.269 e. The number of hydrogen-bond acceptors (Lipinski definition) is 5. The number of para-hydroxylation sites is 1. The average molecular weight is 415 g/mol. The Hall–Kier alpha value is -3.91. The van der Waals surface area contributed by atoms with Crippen LogP contribution in [-0.2, 0) is 6.54 Å². The zero-order chi connectivity index (χ0) is 21.8. The molecule has 0 radical (unpaired) electrons. The summed E-state index contributed by atoms with van der Waals surface area (Å²) in [5.74, 6) is 0.736. The topological polar surface area (TPSA) is 91.2 Å². The maximum absolute atomic E-state index is 11.0. The van der Waals surface area contributed by atoms with Gasteiger partial charge in [0, 0.05) is 23.3 Å². The Morgan fingerprint density at radius 3 is 2.35 bits per heavy atom. The van der Waals surface area contributed by atoms with Crippen LogP contribution < -0.4 is 4.90 Å². The lowest BCUT2D eigenvalue weighted by Gasteiger charge is -2.25. The third kappa shape index (κ3) is 4.34. The molecule has 0 spiro atoms. The molecular weight excluding hydrogens is 392 g/mol. The van der Waals surface area contributed by atoms with E-state index in [0.29, 0.717) is 6.54 Å². The SMILES string of the molecule is Cc1ccccc1-n1nnnc1[C@H](c1ccccc1)[NH+](C)Cc1ccc([N+](=O)[O-])cc1. The standard InChI is InChI=1S/C23H22N6O2/c1-17-8-6-7-11-21(17)28-23(24-25-26-28)22(19-9-4-3-5-10-19)27(2)16-18-12-14-20(15-13-18)29(30)31/h3-15,22H,16H2,1-2H3/p+1/t22-/m0/s1. The normalized spacial score (nSPS) is 13.0. The highest BCUT2D eigenvalue weighted by Gasteiger charge is 2.30. The highest BCUT2D eigenvalue weighted by atomic mass is 16.6. The number of non-ortho nitro benzene ring substituents is 1. The summed E-state index contributed by atoms with van der Waals surface area (Å²) in [5, 5.41) is 23.6. The van der Waals surface area contributed by atoms with Gasteiger partial charge in [-0.25, -0.2) is 0 Å². The first kappa shape index (κ1) is 20.4. The first-order valence-electron chi connectivity index (χ1n) is 9.99. The number of aromatic nitrogens is 4. The van der Waals surface area contributed by atoms with E-state index in [1.807, 2.05) is 49.4 Å². The van der Waals surface area contributed by atoms with Crippen molar-refractivity contribution in [3.8, 4) is 5.69 Å². The summed E-state index contributed by atoms with van der Waals surface area (Å²) < 4.78 is 1.80. The van der Waals surface area contributed by atoms with Crippen LogP contribution >= 0.6 is 0 Å². The van der Waals surface area contributed by atoms with Crippen molar-refractivity contribution in [2.75, 3.05) is 7.05 Å². The number of aryl methyl sites for hydroxylation is 1. The fourth-order valence-corrected chi connectivity index (χ4v) is 3.81. The van der Waals surface area contributed by atoms with Crippen molar-refractivity contribution in [1.82, 2.24) is 20.2 Å². The summed E-state index contributed by atoms with van der Waals surface area (Å²) in [5.41, 5.74) is 4.19. The smallest absolute Gasteiger partial charge is 0.269 e. The fraction of sp³-hybridized carbons (Fsp3) is 0.174. The van der Waals surface area contributed by atoms with Gasteiger partial charge in [0.2, 0.25) is 5.82 Å². The molecule has 3 aromatic carbocycles. The molecule has 0 fully saturated rings. The molecular formula is C23H23N6O2+. The molecule has 156 valence electrons. The summed E-state index contributed by atoms with van der Waals surface area (Å²) in [7, 11) is 2.08. The lowest BCUT2D eigenvalue weighted by molar-refractivity contribution is -0.920. The molecule has 1 aromatic heterocycles. The molecule has 0 aliphatic carbocycles.